The van der Waals surface area contributed by atoms with Crippen molar-refractivity contribution in [2.24, 2.45) is 0 Å². The summed E-state index contributed by atoms with van der Waals surface area (Å²) >= 11 is 0. The van der Waals surface area contributed by atoms with Crippen LogP contribution in [0.3, 0.4) is 0 Å². The van der Waals surface area contributed by atoms with E-state index in [-0.39, 0.29) is 20.2 Å². The van der Waals surface area contributed by atoms with Crippen molar-refractivity contribution in [1.82, 2.24) is 0 Å². The van der Waals surface area contributed by atoms with Crippen LogP contribution >= 0.6 is 0 Å². The standard InChI is InChI=1S/C44H74O6Si4/c1-41(2,3)51(15,16)47-35-25-23-31(27-39(35)49-53(19,20)43(7,8)9)33-29-37(45-13)38(46-14)30-34(33)32-24-26-36(48-52(17,18)42(4,5)6)40(28-32)50-54(21,22)44(10,11)12/h23-30H,1-22H3. The maximum Gasteiger partial charge on any atom is 0.250 e. The van der Waals surface area contributed by atoms with Gasteiger partial charge in [0.2, 0.25) is 0 Å². The van der Waals surface area contributed by atoms with Crippen LogP contribution in [0.4, 0.5) is 0 Å². The van der Waals surface area contributed by atoms with E-state index in [9.17, 15) is 0 Å². The third kappa shape index (κ3) is 10.0. The molecule has 0 unspecified atom stereocenters. The Kier molecular flexibility index (Phi) is 13.0. The molecule has 0 spiro atoms. The van der Waals surface area contributed by atoms with Gasteiger partial charge in [-0.15, -0.1) is 0 Å². The maximum absolute atomic E-state index is 7.11. The molecule has 3 aromatic carbocycles. The third-order valence-corrected chi connectivity index (χ3v) is 30.1. The van der Waals surface area contributed by atoms with Crippen LogP contribution in [0, 0.1) is 0 Å². The summed E-state index contributed by atoms with van der Waals surface area (Å²) in [5.41, 5.74) is 3.97. The molecular formula is C44H74O6Si4. The first-order chi connectivity index (χ1) is 24.2. The van der Waals surface area contributed by atoms with E-state index in [4.69, 9.17) is 27.2 Å². The van der Waals surface area contributed by atoms with Gasteiger partial charge < -0.3 is 27.2 Å². The molecule has 0 aliphatic carbocycles. The lowest BCUT2D eigenvalue weighted by atomic mass is 9.93. The smallest absolute Gasteiger partial charge is 0.250 e. The molecule has 0 N–H and O–H groups in total. The summed E-state index contributed by atoms with van der Waals surface area (Å²) in [7, 11) is -5.50. The molecule has 54 heavy (non-hydrogen) atoms. The molecule has 0 fully saturated rings. The second-order valence-electron chi connectivity index (χ2n) is 21.0. The first-order valence-corrected chi connectivity index (χ1v) is 31.1. The fourth-order valence-electron chi connectivity index (χ4n) is 4.75. The number of ether oxygens (including phenoxy) is 2. The Bertz CT molecular complexity index is 1650. The summed E-state index contributed by atoms with van der Waals surface area (Å²) in [6.45, 7) is 45.5. The monoisotopic (exact) mass is 810 g/mol. The first-order valence-electron chi connectivity index (χ1n) is 19.5. The van der Waals surface area contributed by atoms with E-state index in [0.29, 0.717) is 11.5 Å². The lowest BCUT2D eigenvalue weighted by Crippen LogP contribution is -2.45. The molecule has 0 saturated carbocycles. The topological polar surface area (TPSA) is 55.4 Å². The van der Waals surface area contributed by atoms with Crippen LogP contribution in [0.2, 0.25) is 72.5 Å². The molecule has 302 valence electrons. The van der Waals surface area contributed by atoms with Gasteiger partial charge in [-0.2, -0.15) is 0 Å². The van der Waals surface area contributed by atoms with Gasteiger partial charge in [0.25, 0.3) is 33.3 Å². The summed E-state index contributed by atoms with van der Waals surface area (Å²) in [5, 5.41) is 0.0587. The molecule has 6 nitrogen and oxygen atoms in total. The largest absolute Gasteiger partial charge is 0.541 e. The molecule has 0 aliphatic heterocycles. The van der Waals surface area contributed by atoms with Gasteiger partial charge in [-0.1, -0.05) is 95.2 Å². The quantitative estimate of drug-likeness (QED) is 0.170. The molecule has 3 aromatic rings. The maximum atomic E-state index is 7.11. The zero-order valence-electron chi connectivity index (χ0n) is 38.1. The van der Waals surface area contributed by atoms with E-state index in [2.05, 4.69) is 184 Å². The van der Waals surface area contributed by atoms with Crippen molar-refractivity contribution >= 4 is 33.3 Å². The highest BCUT2D eigenvalue weighted by atomic mass is 28.4. The molecule has 0 radical (unpaired) electrons. The van der Waals surface area contributed by atoms with E-state index in [1.807, 2.05) is 0 Å². The molecule has 0 amide bonds. The summed E-state index contributed by atoms with van der Waals surface area (Å²) in [4.78, 5) is 0. The molecule has 10 heteroatoms. The number of rotatable bonds is 12. The van der Waals surface area contributed by atoms with E-state index >= 15 is 0 Å². The second-order valence-corrected chi connectivity index (χ2v) is 39.9. The van der Waals surface area contributed by atoms with Gasteiger partial charge in [0.15, 0.2) is 11.5 Å². The molecule has 0 aromatic heterocycles. The fourth-order valence-corrected chi connectivity index (χ4v) is 8.83. The Morgan fingerprint density at radius 3 is 0.796 bits per heavy atom. The van der Waals surface area contributed by atoms with Crippen LogP contribution in [-0.4, -0.2) is 47.5 Å². The van der Waals surface area contributed by atoms with Gasteiger partial charge >= 0.3 is 0 Å². The molecule has 0 aliphatic rings. The van der Waals surface area contributed by atoms with Crippen molar-refractivity contribution in [2.75, 3.05) is 14.2 Å². The lowest BCUT2D eigenvalue weighted by Gasteiger charge is -2.40. The summed E-state index contributed by atoms with van der Waals surface area (Å²) in [6.07, 6.45) is 0. The van der Waals surface area contributed by atoms with E-state index in [1.165, 1.54) is 0 Å². The molecule has 0 heterocycles. The van der Waals surface area contributed by atoms with Gasteiger partial charge in [-0.25, -0.2) is 0 Å². The molecule has 3 rings (SSSR count). The number of hydrogen-bond donors (Lipinski definition) is 0. The Morgan fingerprint density at radius 1 is 0.333 bits per heavy atom. The Labute approximate surface area is 334 Å². The van der Waals surface area contributed by atoms with Gasteiger partial charge in [-0.3, -0.25) is 0 Å². The fraction of sp³-hybridized carbons (Fsp3) is 0.591. The zero-order valence-corrected chi connectivity index (χ0v) is 42.1. The predicted octanol–water partition coefficient (Wildman–Crippen LogP) is 14.6. The summed E-state index contributed by atoms with van der Waals surface area (Å²) < 4.78 is 40.0. The van der Waals surface area contributed by atoms with Crippen LogP contribution in [0.1, 0.15) is 83.1 Å². The van der Waals surface area contributed by atoms with E-state index in [1.54, 1.807) is 14.2 Å². The van der Waals surface area contributed by atoms with Gasteiger partial charge in [0.1, 0.15) is 23.0 Å². The molecule has 0 saturated heterocycles. The average molecular weight is 811 g/mol. The molecule has 0 bridgehead atoms. The van der Waals surface area contributed by atoms with Crippen molar-refractivity contribution in [3.8, 4) is 56.8 Å². The Balaban J connectivity index is 2.41. The van der Waals surface area contributed by atoms with E-state index < -0.39 is 33.3 Å². The molecular weight excluding hydrogens is 737 g/mol. The third-order valence-electron chi connectivity index (χ3n) is 12.7. The predicted molar refractivity (Wildman–Crippen MR) is 242 cm³/mol. The summed E-state index contributed by atoms with van der Waals surface area (Å²) in [5.74, 6) is 4.47. The highest BCUT2D eigenvalue weighted by Crippen LogP contribution is 2.49. The van der Waals surface area contributed by atoms with Crippen molar-refractivity contribution in [3.63, 3.8) is 0 Å². The normalized spacial score (nSPS) is 13.7. The molecule has 0 atom stereocenters. The second kappa shape index (κ2) is 15.3. The van der Waals surface area contributed by atoms with E-state index in [0.717, 1.165) is 45.3 Å². The van der Waals surface area contributed by atoms with Crippen LogP contribution in [0.15, 0.2) is 48.5 Å². The van der Waals surface area contributed by atoms with Crippen molar-refractivity contribution in [3.05, 3.63) is 48.5 Å². The van der Waals surface area contributed by atoms with Gasteiger partial charge in [-0.05, 0) is 131 Å². The lowest BCUT2D eigenvalue weighted by molar-refractivity contribution is 0.355. The highest BCUT2D eigenvalue weighted by Gasteiger charge is 2.44. The number of hydrogen-bond acceptors (Lipinski definition) is 6. The highest BCUT2D eigenvalue weighted by molar-refractivity contribution is 6.76. The van der Waals surface area contributed by atoms with Gasteiger partial charge in [0, 0.05) is 0 Å². The van der Waals surface area contributed by atoms with Crippen LogP contribution < -0.4 is 27.2 Å². The van der Waals surface area contributed by atoms with Crippen molar-refractivity contribution < 1.29 is 27.2 Å². The summed E-state index contributed by atoms with van der Waals surface area (Å²) in [6, 6.07) is 17.0. The Hall–Kier alpha value is -2.67. The number of benzene rings is 3. The minimum Gasteiger partial charge on any atom is -0.541 e. The van der Waals surface area contributed by atoms with Crippen molar-refractivity contribution in [2.45, 2.75) is 156 Å². The number of methoxy groups -OCH3 is 2. The van der Waals surface area contributed by atoms with Crippen LogP contribution in [-0.2, 0) is 0 Å². The Morgan fingerprint density at radius 2 is 0.574 bits per heavy atom. The average Bonchev–Trinajstić information content (AvgIpc) is 2.99. The minimum atomic E-state index is -2.25. The van der Waals surface area contributed by atoms with Crippen molar-refractivity contribution in [1.29, 1.82) is 0 Å². The van der Waals surface area contributed by atoms with Gasteiger partial charge in [0.05, 0.1) is 14.2 Å². The van der Waals surface area contributed by atoms with Crippen LogP contribution in [0.5, 0.6) is 34.5 Å². The SMILES string of the molecule is COc1cc(-c2ccc(O[Si](C)(C)C(C)(C)C)c(O[Si](C)(C)C(C)(C)C)c2)c(-c2ccc(O[Si](C)(C)C(C)(C)C)c(O[Si](C)(C)C(C)(C)C)c2)cc1OC. The first kappa shape index (κ1) is 45.7. The zero-order chi connectivity index (χ0) is 41.7. The van der Waals surface area contributed by atoms with Crippen LogP contribution in [0.25, 0.3) is 22.3 Å². The minimum absolute atomic E-state index is 0.000514.